The predicted molar refractivity (Wildman–Crippen MR) is 221 cm³/mol. The molecule has 2 aliphatic heterocycles. The average molecular weight is 836 g/mol. The number of carbonyl (C=O) groups is 6. The Balaban J connectivity index is 0.00000391. The Hall–Kier alpha value is -6.04. The zero-order valence-corrected chi connectivity index (χ0v) is 35.4. The van der Waals surface area contributed by atoms with E-state index in [0.717, 1.165) is 16.5 Å². The minimum absolute atomic E-state index is 0.0494. The molecule has 3 aromatic rings. The summed E-state index contributed by atoms with van der Waals surface area (Å²) >= 11 is 0. The Morgan fingerprint density at radius 1 is 0.900 bits per heavy atom. The molecule has 18 nitrogen and oxygen atoms in total. The quantitative estimate of drug-likeness (QED) is 0.0626. The highest BCUT2D eigenvalue weighted by Gasteiger charge is 2.50. The number of fused-ring (bicyclic) bond motifs is 5. The SMILES string of the molecule is CC.CCOCCCNC(=O)CCC(=O)NC(C)C(=O)NC(C)C(=O)NCCNC(=O)OC1(CC)C(=O)OCc2c1cc1n(c2=O)Cc2c-1nc1ccc(O)cc1c2CC. The van der Waals surface area contributed by atoms with Crippen molar-refractivity contribution in [3.8, 4) is 17.1 Å². The van der Waals surface area contributed by atoms with E-state index >= 15 is 0 Å². The van der Waals surface area contributed by atoms with E-state index in [0.29, 0.717) is 49.5 Å². The number of pyridine rings is 2. The van der Waals surface area contributed by atoms with E-state index < -0.39 is 53.0 Å². The van der Waals surface area contributed by atoms with E-state index in [-0.39, 0.29) is 68.3 Å². The number of phenols is 1. The number of rotatable bonds is 18. The van der Waals surface area contributed by atoms with E-state index in [1.54, 1.807) is 29.7 Å². The first-order valence-corrected chi connectivity index (χ1v) is 20.5. The summed E-state index contributed by atoms with van der Waals surface area (Å²) < 4.78 is 18.0. The molecule has 3 unspecified atom stereocenters. The van der Waals surface area contributed by atoms with E-state index in [2.05, 4.69) is 26.6 Å². The molecule has 0 aliphatic carbocycles. The fraction of sp³-hybridized carbons (Fsp3) is 0.524. The lowest BCUT2D eigenvalue weighted by Gasteiger charge is -2.35. The van der Waals surface area contributed by atoms with Crippen molar-refractivity contribution in [2.24, 2.45) is 0 Å². The second kappa shape index (κ2) is 21.3. The van der Waals surface area contributed by atoms with Crippen molar-refractivity contribution < 1.29 is 48.1 Å². The summed E-state index contributed by atoms with van der Waals surface area (Å²) in [6, 6.07) is 4.56. The Labute approximate surface area is 348 Å². The number of esters is 1. The van der Waals surface area contributed by atoms with Crippen molar-refractivity contribution in [1.29, 1.82) is 0 Å². The van der Waals surface area contributed by atoms with Gasteiger partial charge in [-0.3, -0.25) is 24.0 Å². The molecule has 1 aromatic carbocycles. The van der Waals surface area contributed by atoms with Crippen molar-refractivity contribution in [3.63, 3.8) is 0 Å². The van der Waals surface area contributed by atoms with E-state index in [4.69, 9.17) is 19.2 Å². The number of cyclic esters (lactones) is 1. The van der Waals surface area contributed by atoms with Gasteiger partial charge in [0.1, 0.15) is 24.4 Å². The topological polar surface area (TPSA) is 245 Å². The minimum Gasteiger partial charge on any atom is -0.508 e. The van der Waals surface area contributed by atoms with Crippen LogP contribution in [0, 0.1) is 0 Å². The molecule has 4 heterocycles. The molecule has 2 aliphatic rings. The van der Waals surface area contributed by atoms with E-state index in [1.165, 1.54) is 19.9 Å². The second-order valence-electron chi connectivity index (χ2n) is 14.1. The smallest absolute Gasteiger partial charge is 0.408 e. The van der Waals surface area contributed by atoms with Crippen LogP contribution in [0.4, 0.5) is 4.79 Å². The van der Waals surface area contributed by atoms with Crippen molar-refractivity contribution >= 4 is 46.6 Å². The van der Waals surface area contributed by atoms with Gasteiger partial charge in [-0.05, 0) is 69.9 Å². The van der Waals surface area contributed by atoms with Crippen molar-refractivity contribution in [3.05, 3.63) is 56.9 Å². The summed E-state index contributed by atoms with van der Waals surface area (Å²) in [5, 5.41) is 23.7. The molecule has 0 saturated heterocycles. The normalized spacial score (nSPS) is 15.8. The van der Waals surface area contributed by atoms with Crippen molar-refractivity contribution in [2.45, 2.75) is 111 Å². The van der Waals surface area contributed by atoms with Crippen LogP contribution in [0.15, 0.2) is 29.1 Å². The molecular formula is C42H57N7O11. The first-order chi connectivity index (χ1) is 28.7. The number of aromatic hydroxyl groups is 1. The Morgan fingerprint density at radius 3 is 2.30 bits per heavy atom. The minimum atomic E-state index is -1.95. The lowest BCUT2D eigenvalue weighted by atomic mass is 9.85. The monoisotopic (exact) mass is 835 g/mol. The standard InChI is InChI=1S/C40H51N7O11.C2H6/c1-6-25-26-18-24(48)10-11-30(26)46-34-27(25)20-47-31(34)19-29-28(37(47)53)21-57-38(54)40(29,7-2)58-39(55)43-16-15-42-35(51)22(4)45-36(52)23(5)44-33(50)13-12-32(49)41-14-9-17-56-8-3;1-2/h10-11,18-19,22-23,48H,6-9,12-17,20-21H2,1-5H3,(H,41,49)(H,42,51)(H,43,55)(H,44,50)(H,45,52);1-2H3. The summed E-state index contributed by atoms with van der Waals surface area (Å²) in [6.07, 6.45) is 0.0498. The Morgan fingerprint density at radius 2 is 1.60 bits per heavy atom. The van der Waals surface area contributed by atoms with Crippen LogP contribution in [0.1, 0.15) is 96.4 Å². The number of aryl methyl sites for hydroxylation is 1. The number of hydrogen-bond acceptors (Lipinski definition) is 12. The lowest BCUT2D eigenvalue weighted by molar-refractivity contribution is -0.172. The Kier molecular flexibility index (Phi) is 16.5. The van der Waals surface area contributed by atoms with Gasteiger partial charge in [-0.25, -0.2) is 14.6 Å². The van der Waals surface area contributed by atoms with Crippen LogP contribution in [0.2, 0.25) is 0 Å². The molecule has 0 fully saturated rings. The predicted octanol–water partition coefficient (Wildman–Crippen LogP) is 2.56. The van der Waals surface area contributed by atoms with Crippen molar-refractivity contribution in [1.82, 2.24) is 36.1 Å². The summed E-state index contributed by atoms with van der Waals surface area (Å²) in [7, 11) is 0. The molecule has 5 rings (SSSR count). The molecule has 0 bridgehead atoms. The zero-order chi connectivity index (χ0) is 44.1. The third-order valence-corrected chi connectivity index (χ3v) is 10.2. The number of hydrogen-bond donors (Lipinski definition) is 6. The maximum absolute atomic E-state index is 13.9. The van der Waals surface area contributed by atoms with Gasteiger partial charge in [0.05, 0.1) is 29.0 Å². The van der Waals surface area contributed by atoms with Crippen molar-refractivity contribution in [2.75, 3.05) is 32.8 Å². The molecule has 2 aromatic heterocycles. The average Bonchev–Trinajstić information content (AvgIpc) is 3.60. The van der Waals surface area contributed by atoms with E-state index in [9.17, 15) is 38.7 Å². The van der Waals surface area contributed by atoms with Gasteiger partial charge in [0, 0.05) is 62.2 Å². The van der Waals surface area contributed by atoms with Gasteiger partial charge < -0.3 is 50.5 Å². The first kappa shape index (κ1) is 46.6. The molecule has 0 radical (unpaired) electrons. The summed E-state index contributed by atoms with van der Waals surface area (Å²) in [5.74, 6) is -2.73. The molecule has 5 amide bonds. The largest absolute Gasteiger partial charge is 0.508 e. The first-order valence-electron chi connectivity index (χ1n) is 20.5. The third-order valence-electron chi connectivity index (χ3n) is 10.2. The van der Waals surface area contributed by atoms with Gasteiger partial charge in [0.2, 0.25) is 29.2 Å². The number of nitrogens with zero attached hydrogens (tertiary/aromatic N) is 2. The molecule has 18 heteroatoms. The van der Waals surface area contributed by atoms with E-state index in [1.807, 2.05) is 27.7 Å². The van der Waals surface area contributed by atoms with Gasteiger partial charge >= 0.3 is 12.1 Å². The number of nitrogens with one attached hydrogen (secondary N) is 5. The van der Waals surface area contributed by atoms with Gasteiger partial charge in [-0.1, -0.05) is 27.7 Å². The van der Waals surface area contributed by atoms with Gasteiger partial charge in [0.15, 0.2) is 0 Å². The van der Waals surface area contributed by atoms with Crippen LogP contribution in [-0.4, -0.2) is 95.3 Å². The molecular weight excluding hydrogens is 778 g/mol. The van der Waals surface area contributed by atoms with Crippen LogP contribution in [-0.2, 0) is 63.4 Å². The fourth-order valence-corrected chi connectivity index (χ4v) is 7.05. The summed E-state index contributed by atoms with van der Waals surface area (Å²) in [5.41, 5.74) is 1.44. The van der Waals surface area contributed by atoms with Gasteiger partial charge in [0.25, 0.3) is 5.56 Å². The highest BCUT2D eigenvalue weighted by molar-refractivity contribution is 5.93. The third kappa shape index (κ3) is 10.6. The van der Waals surface area contributed by atoms with Crippen LogP contribution in [0.25, 0.3) is 22.3 Å². The van der Waals surface area contributed by atoms with Crippen LogP contribution in [0.3, 0.4) is 0 Å². The maximum atomic E-state index is 13.9. The van der Waals surface area contributed by atoms with Gasteiger partial charge in [-0.2, -0.15) is 0 Å². The van der Waals surface area contributed by atoms with Crippen LogP contribution < -0.4 is 32.1 Å². The molecule has 60 heavy (non-hydrogen) atoms. The van der Waals surface area contributed by atoms with Gasteiger partial charge in [-0.15, -0.1) is 0 Å². The molecule has 0 spiro atoms. The fourth-order valence-electron chi connectivity index (χ4n) is 7.05. The second-order valence-corrected chi connectivity index (χ2v) is 14.1. The van der Waals surface area contributed by atoms with Crippen LogP contribution in [0.5, 0.6) is 5.75 Å². The number of phenolic OH excluding ortho intramolecular Hbond substituents is 1. The maximum Gasteiger partial charge on any atom is 0.408 e. The van der Waals surface area contributed by atoms with Crippen LogP contribution >= 0.6 is 0 Å². The molecule has 6 N–H and O–H groups in total. The highest BCUT2D eigenvalue weighted by atomic mass is 16.6. The number of aromatic nitrogens is 2. The molecule has 326 valence electrons. The number of alkyl carbamates (subject to hydrolysis) is 1. The summed E-state index contributed by atoms with van der Waals surface area (Å²) in [6.45, 7) is 13.7. The zero-order valence-electron chi connectivity index (χ0n) is 35.4. The Bertz CT molecular complexity index is 2150. The number of ether oxygens (including phenoxy) is 3. The number of carbonyl (C=O) groups excluding carboxylic acids is 6. The summed E-state index contributed by atoms with van der Waals surface area (Å²) in [4.78, 5) is 94.9. The molecule has 0 saturated carbocycles. The number of benzene rings is 1. The molecule has 3 atom stereocenters. The number of amides is 5. The lowest BCUT2D eigenvalue weighted by Crippen LogP contribution is -2.52. The highest BCUT2D eigenvalue weighted by Crippen LogP contribution is 2.42.